The van der Waals surface area contributed by atoms with Crippen molar-refractivity contribution in [3.63, 3.8) is 0 Å². The lowest BCUT2D eigenvalue weighted by Crippen LogP contribution is -2.43. The minimum atomic E-state index is 0.511. The van der Waals surface area contributed by atoms with Crippen molar-refractivity contribution in [2.45, 2.75) is 82.9 Å². The normalized spacial score (nSPS) is 33.6. The summed E-state index contributed by atoms with van der Waals surface area (Å²) >= 11 is 0. The van der Waals surface area contributed by atoms with Crippen LogP contribution in [0.1, 0.15) is 64.7 Å². The van der Waals surface area contributed by atoms with Crippen molar-refractivity contribution in [1.82, 2.24) is 5.32 Å². The first-order valence-electron chi connectivity index (χ1n) is 7.26. The van der Waals surface area contributed by atoms with Crippen LogP contribution in [0.5, 0.6) is 0 Å². The Labute approximate surface area is 100 Å². The standard InChI is InChI=1S/C14H27NO/c1-2-14-11-13(9-10-16-14)15-12-7-5-3-4-6-8-12/h12-15H,2-11H2,1H3. The molecule has 0 bridgehead atoms. The van der Waals surface area contributed by atoms with E-state index in [1.54, 1.807) is 0 Å². The van der Waals surface area contributed by atoms with Crippen molar-refractivity contribution in [3.8, 4) is 0 Å². The van der Waals surface area contributed by atoms with E-state index in [-0.39, 0.29) is 0 Å². The summed E-state index contributed by atoms with van der Waals surface area (Å²) < 4.78 is 5.73. The number of rotatable bonds is 3. The lowest BCUT2D eigenvalue weighted by atomic mass is 9.99. The Morgan fingerprint density at radius 1 is 1.00 bits per heavy atom. The maximum Gasteiger partial charge on any atom is 0.0587 e. The molecular weight excluding hydrogens is 198 g/mol. The Bertz CT molecular complexity index is 187. The fraction of sp³-hybridized carbons (Fsp3) is 1.00. The number of ether oxygens (including phenoxy) is 1. The van der Waals surface area contributed by atoms with E-state index >= 15 is 0 Å². The minimum absolute atomic E-state index is 0.511. The molecule has 1 aliphatic heterocycles. The summed E-state index contributed by atoms with van der Waals surface area (Å²) in [6, 6.07) is 1.52. The van der Waals surface area contributed by atoms with Gasteiger partial charge in [-0.1, -0.05) is 32.6 Å². The molecule has 0 aromatic heterocycles. The van der Waals surface area contributed by atoms with Gasteiger partial charge in [-0.3, -0.25) is 0 Å². The Balaban J connectivity index is 1.74. The quantitative estimate of drug-likeness (QED) is 0.744. The van der Waals surface area contributed by atoms with Gasteiger partial charge in [0.1, 0.15) is 0 Å². The topological polar surface area (TPSA) is 21.3 Å². The number of hydrogen-bond donors (Lipinski definition) is 1. The maximum atomic E-state index is 5.73. The minimum Gasteiger partial charge on any atom is -0.378 e. The summed E-state index contributed by atoms with van der Waals surface area (Å²) in [4.78, 5) is 0. The summed E-state index contributed by atoms with van der Waals surface area (Å²) in [6.07, 6.45) is 12.7. The van der Waals surface area contributed by atoms with Gasteiger partial charge in [-0.05, 0) is 32.1 Å². The molecule has 2 fully saturated rings. The van der Waals surface area contributed by atoms with E-state index in [1.165, 1.54) is 57.8 Å². The molecule has 1 aliphatic carbocycles. The van der Waals surface area contributed by atoms with Crippen molar-refractivity contribution in [1.29, 1.82) is 0 Å². The molecule has 1 heterocycles. The van der Waals surface area contributed by atoms with Crippen molar-refractivity contribution in [2.24, 2.45) is 0 Å². The van der Waals surface area contributed by atoms with Crippen LogP contribution in [0, 0.1) is 0 Å². The van der Waals surface area contributed by atoms with Gasteiger partial charge in [0.05, 0.1) is 6.10 Å². The maximum absolute atomic E-state index is 5.73. The number of nitrogens with one attached hydrogen (secondary N) is 1. The predicted molar refractivity (Wildman–Crippen MR) is 67.7 cm³/mol. The van der Waals surface area contributed by atoms with Gasteiger partial charge >= 0.3 is 0 Å². The molecule has 16 heavy (non-hydrogen) atoms. The average Bonchev–Trinajstić information content (AvgIpc) is 2.58. The van der Waals surface area contributed by atoms with E-state index < -0.39 is 0 Å². The first kappa shape index (κ1) is 12.4. The average molecular weight is 225 g/mol. The van der Waals surface area contributed by atoms with Crippen LogP contribution in [0.25, 0.3) is 0 Å². The van der Waals surface area contributed by atoms with Crippen molar-refractivity contribution >= 4 is 0 Å². The van der Waals surface area contributed by atoms with Crippen LogP contribution in [0.2, 0.25) is 0 Å². The fourth-order valence-electron chi connectivity index (χ4n) is 3.10. The Hall–Kier alpha value is -0.0800. The van der Waals surface area contributed by atoms with Gasteiger partial charge < -0.3 is 10.1 Å². The van der Waals surface area contributed by atoms with Crippen LogP contribution in [0.3, 0.4) is 0 Å². The molecule has 1 saturated carbocycles. The highest BCUT2D eigenvalue weighted by molar-refractivity contribution is 4.81. The van der Waals surface area contributed by atoms with Crippen molar-refractivity contribution in [2.75, 3.05) is 6.61 Å². The van der Waals surface area contributed by atoms with Crippen LogP contribution < -0.4 is 5.32 Å². The van der Waals surface area contributed by atoms with Crippen LogP contribution in [-0.2, 0) is 4.74 Å². The van der Waals surface area contributed by atoms with E-state index in [2.05, 4.69) is 12.2 Å². The highest BCUT2D eigenvalue weighted by Gasteiger charge is 2.23. The van der Waals surface area contributed by atoms with Crippen LogP contribution in [0.4, 0.5) is 0 Å². The third-order valence-electron chi connectivity index (χ3n) is 4.15. The van der Waals surface area contributed by atoms with Gasteiger partial charge in [0.15, 0.2) is 0 Å². The summed E-state index contributed by atoms with van der Waals surface area (Å²) in [6.45, 7) is 3.20. The predicted octanol–water partition coefficient (Wildman–Crippen LogP) is 3.26. The third-order valence-corrected chi connectivity index (χ3v) is 4.15. The second-order valence-corrected chi connectivity index (χ2v) is 5.48. The molecule has 0 spiro atoms. The molecule has 0 amide bonds. The molecule has 0 aromatic carbocycles. The molecule has 2 atom stereocenters. The lowest BCUT2D eigenvalue weighted by molar-refractivity contribution is -0.00224. The molecule has 2 rings (SSSR count). The molecule has 94 valence electrons. The van der Waals surface area contributed by atoms with E-state index in [0.717, 1.165) is 18.7 Å². The SMILES string of the molecule is CCC1CC(NC2CCCCCC2)CCO1. The summed E-state index contributed by atoms with van der Waals surface area (Å²) in [5.74, 6) is 0. The van der Waals surface area contributed by atoms with E-state index in [1.807, 2.05) is 0 Å². The molecule has 1 saturated heterocycles. The van der Waals surface area contributed by atoms with Crippen molar-refractivity contribution in [3.05, 3.63) is 0 Å². The largest absolute Gasteiger partial charge is 0.378 e. The van der Waals surface area contributed by atoms with Gasteiger partial charge in [-0.2, -0.15) is 0 Å². The van der Waals surface area contributed by atoms with Gasteiger partial charge in [0, 0.05) is 18.7 Å². The molecule has 2 heteroatoms. The zero-order valence-corrected chi connectivity index (χ0v) is 10.7. The molecule has 0 aromatic rings. The second kappa shape index (κ2) is 6.61. The first-order valence-corrected chi connectivity index (χ1v) is 7.26. The van der Waals surface area contributed by atoms with Crippen LogP contribution in [0.15, 0.2) is 0 Å². The molecular formula is C14H27NO. The van der Waals surface area contributed by atoms with Gasteiger partial charge in [-0.25, -0.2) is 0 Å². The summed E-state index contributed by atoms with van der Waals surface area (Å²) in [5.41, 5.74) is 0. The molecule has 2 aliphatic rings. The van der Waals surface area contributed by atoms with Crippen LogP contribution in [-0.4, -0.2) is 24.8 Å². The smallest absolute Gasteiger partial charge is 0.0587 e. The van der Waals surface area contributed by atoms with Crippen LogP contribution >= 0.6 is 0 Å². The fourth-order valence-corrected chi connectivity index (χ4v) is 3.10. The Kier molecular flexibility index (Phi) is 5.11. The van der Waals surface area contributed by atoms with Gasteiger partial charge in [-0.15, -0.1) is 0 Å². The molecule has 2 unspecified atom stereocenters. The van der Waals surface area contributed by atoms with Gasteiger partial charge in [0.2, 0.25) is 0 Å². The summed E-state index contributed by atoms with van der Waals surface area (Å²) in [7, 11) is 0. The molecule has 2 nitrogen and oxygen atoms in total. The highest BCUT2D eigenvalue weighted by atomic mass is 16.5. The zero-order chi connectivity index (χ0) is 11.2. The Morgan fingerprint density at radius 3 is 2.44 bits per heavy atom. The molecule has 1 N–H and O–H groups in total. The summed E-state index contributed by atoms with van der Waals surface area (Å²) in [5, 5.41) is 3.88. The highest BCUT2D eigenvalue weighted by Crippen LogP contribution is 2.21. The van der Waals surface area contributed by atoms with Gasteiger partial charge in [0.25, 0.3) is 0 Å². The monoisotopic (exact) mass is 225 g/mol. The third kappa shape index (κ3) is 3.74. The van der Waals surface area contributed by atoms with E-state index in [9.17, 15) is 0 Å². The first-order chi connectivity index (χ1) is 7.88. The van der Waals surface area contributed by atoms with E-state index in [0.29, 0.717) is 6.10 Å². The zero-order valence-electron chi connectivity index (χ0n) is 10.7. The second-order valence-electron chi connectivity index (χ2n) is 5.48. The lowest BCUT2D eigenvalue weighted by Gasteiger charge is -2.32. The Morgan fingerprint density at radius 2 is 1.75 bits per heavy atom. The number of hydrogen-bond acceptors (Lipinski definition) is 2. The van der Waals surface area contributed by atoms with E-state index in [4.69, 9.17) is 4.74 Å². The molecule has 0 radical (unpaired) electrons. The van der Waals surface area contributed by atoms with Crippen molar-refractivity contribution < 1.29 is 4.74 Å².